The summed E-state index contributed by atoms with van der Waals surface area (Å²) in [7, 11) is -0.271. The van der Waals surface area contributed by atoms with Crippen LogP contribution in [0.15, 0.2) is 29.2 Å². The molecule has 1 aliphatic rings. The van der Waals surface area contributed by atoms with Crippen molar-refractivity contribution >= 4 is 31.6 Å². The molecule has 0 aromatic heterocycles. The molecule has 0 saturated carbocycles. The third-order valence-electron chi connectivity index (χ3n) is 3.74. The summed E-state index contributed by atoms with van der Waals surface area (Å²) in [6, 6.07) is 7.27. The van der Waals surface area contributed by atoms with E-state index in [9.17, 15) is 8.42 Å². The molecule has 5 nitrogen and oxygen atoms in total. The zero-order valence-corrected chi connectivity index (χ0v) is 14.9. The zero-order chi connectivity index (χ0) is 15.5. The van der Waals surface area contributed by atoms with Crippen molar-refractivity contribution in [1.82, 2.24) is 9.21 Å². The van der Waals surface area contributed by atoms with Gasteiger partial charge in [0.05, 0.1) is 5.69 Å². The molecule has 118 valence electrons. The largest absolute Gasteiger partial charge is 0.368 e. The van der Waals surface area contributed by atoms with E-state index in [0.717, 1.165) is 43.7 Å². The fraction of sp³-hybridized carbons (Fsp3) is 0.571. The van der Waals surface area contributed by atoms with Gasteiger partial charge in [-0.15, -0.1) is 0 Å². The second-order valence-corrected chi connectivity index (χ2v) is 8.19. The van der Waals surface area contributed by atoms with Crippen LogP contribution in [0.25, 0.3) is 0 Å². The van der Waals surface area contributed by atoms with Crippen LogP contribution >= 0.6 is 15.9 Å². The second kappa shape index (κ2) is 7.09. The lowest BCUT2D eigenvalue weighted by Gasteiger charge is -2.36. The first-order chi connectivity index (χ1) is 9.96. The summed E-state index contributed by atoms with van der Waals surface area (Å²) in [5.74, 6) is 0. The Balaban J connectivity index is 2.23. The van der Waals surface area contributed by atoms with Gasteiger partial charge in [-0.05, 0) is 12.1 Å². The Morgan fingerprint density at radius 3 is 2.33 bits per heavy atom. The monoisotopic (exact) mass is 375 g/mol. The Bertz CT molecular complexity index is 569. The molecule has 0 bridgehead atoms. The van der Waals surface area contributed by atoms with Crippen molar-refractivity contribution in [2.75, 3.05) is 57.0 Å². The molecule has 21 heavy (non-hydrogen) atoms. The van der Waals surface area contributed by atoms with Crippen LogP contribution in [0.1, 0.15) is 0 Å². The highest BCUT2D eigenvalue weighted by molar-refractivity contribution is 9.09. The molecular weight excluding hydrogens is 354 g/mol. The molecule has 0 amide bonds. The minimum absolute atomic E-state index is 0.393. The van der Waals surface area contributed by atoms with Crippen LogP contribution in [0.4, 0.5) is 5.69 Å². The first-order valence-electron chi connectivity index (χ1n) is 7.01. The Kier molecular flexibility index (Phi) is 5.65. The van der Waals surface area contributed by atoms with Crippen LogP contribution in [0.2, 0.25) is 0 Å². The Morgan fingerprint density at radius 2 is 1.76 bits per heavy atom. The average molecular weight is 376 g/mol. The Morgan fingerprint density at radius 1 is 1.14 bits per heavy atom. The molecule has 0 aliphatic carbocycles. The molecule has 7 heteroatoms. The minimum atomic E-state index is -3.41. The van der Waals surface area contributed by atoms with Crippen molar-refractivity contribution in [3.63, 3.8) is 0 Å². The molecule has 1 aromatic rings. The lowest BCUT2D eigenvalue weighted by Crippen LogP contribution is -2.47. The lowest BCUT2D eigenvalue weighted by molar-refractivity contribution is 0.273. The van der Waals surface area contributed by atoms with Crippen molar-refractivity contribution in [2.45, 2.75) is 4.90 Å². The van der Waals surface area contributed by atoms with Gasteiger partial charge in [0, 0.05) is 52.1 Å². The lowest BCUT2D eigenvalue weighted by atomic mass is 10.2. The molecule has 0 atom stereocenters. The number of halogens is 1. The van der Waals surface area contributed by atoms with Crippen LogP contribution in [0, 0.1) is 0 Å². The van der Waals surface area contributed by atoms with Crippen LogP contribution < -0.4 is 4.90 Å². The van der Waals surface area contributed by atoms with Gasteiger partial charge in [0.1, 0.15) is 4.90 Å². The molecule has 0 unspecified atom stereocenters. The number of rotatable bonds is 5. The molecular formula is C14H22BrN3O2S. The summed E-state index contributed by atoms with van der Waals surface area (Å²) in [5.41, 5.74) is 0.810. The minimum Gasteiger partial charge on any atom is -0.368 e. The molecule has 0 radical (unpaired) electrons. The molecule has 2 rings (SSSR count). The molecule has 0 N–H and O–H groups in total. The van der Waals surface area contributed by atoms with E-state index in [0.29, 0.717) is 4.90 Å². The van der Waals surface area contributed by atoms with Gasteiger partial charge >= 0.3 is 0 Å². The molecule has 1 saturated heterocycles. The topological polar surface area (TPSA) is 43.9 Å². The van der Waals surface area contributed by atoms with Crippen LogP contribution in [-0.2, 0) is 10.0 Å². The first kappa shape index (κ1) is 16.7. The fourth-order valence-electron chi connectivity index (χ4n) is 2.47. The highest BCUT2D eigenvalue weighted by Crippen LogP contribution is 2.27. The van der Waals surface area contributed by atoms with Crippen LogP contribution in [0.3, 0.4) is 0 Å². The van der Waals surface area contributed by atoms with E-state index in [2.05, 4.69) is 25.7 Å². The van der Waals surface area contributed by atoms with Gasteiger partial charge in [-0.2, -0.15) is 0 Å². The maximum atomic E-state index is 12.4. The van der Waals surface area contributed by atoms with E-state index in [-0.39, 0.29) is 0 Å². The molecule has 0 spiro atoms. The highest BCUT2D eigenvalue weighted by atomic mass is 79.9. The van der Waals surface area contributed by atoms with Crippen molar-refractivity contribution in [3.05, 3.63) is 24.3 Å². The van der Waals surface area contributed by atoms with Crippen molar-refractivity contribution in [1.29, 1.82) is 0 Å². The van der Waals surface area contributed by atoms with Gasteiger partial charge in [-0.25, -0.2) is 12.7 Å². The highest BCUT2D eigenvalue weighted by Gasteiger charge is 2.25. The molecule has 1 aromatic carbocycles. The van der Waals surface area contributed by atoms with E-state index >= 15 is 0 Å². The number of alkyl halides is 1. The van der Waals surface area contributed by atoms with E-state index in [1.165, 1.54) is 4.31 Å². The van der Waals surface area contributed by atoms with Crippen LogP contribution in [-0.4, -0.2) is 69.8 Å². The van der Waals surface area contributed by atoms with Gasteiger partial charge in [0.2, 0.25) is 10.0 Å². The van der Waals surface area contributed by atoms with Crippen molar-refractivity contribution in [3.8, 4) is 0 Å². The predicted molar refractivity (Wildman–Crippen MR) is 89.8 cm³/mol. The third-order valence-corrected chi connectivity index (χ3v) is 5.95. The summed E-state index contributed by atoms with van der Waals surface area (Å²) in [5, 5.41) is 0.971. The number of anilines is 1. The number of hydrogen-bond acceptors (Lipinski definition) is 4. The maximum Gasteiger partial charge on any atom is 0.244 e. The third kappa shape index (κ3) is 3.77. The second-order valence-electron chi connectivity index (χ2n) is 5.27. The number of sulfonamides is 1. The number of benzene rings is 1. The molecule has 1 fully saturated rings. The zero-order valence-electron chi connectivity index (χ0n) is 12.5. The van der Waals surface area contributed by atoms with E-state index < -0.39 is 10.0 Å². The Hall–Kier alpha value is -0.630. The fourth-order valence-corrected chi connectivity index (χ4v) is 4.07. The van der Waals surface area contributed by atoms with Gasteiger partial charge in [-0.3, -0.25) is 4.90 Å². The smallest absolute Gasteiger partial charge is 0.244 e. The summed E-state index contributed by atoms with van der Waals surface area (Å²) < 4.78 is 26.2. The number of piperazine rings is 1. The number of para-hydroxylation sites is 1. The average Bonchev–Trinajstić information content (AvgIpc) is 2.48. The summed E-state index contributed by atoms with van der Waals surface area (Å²) in [6.45, 7) is 4.66. The normalized spacial score (nSPS) is 17.4. The van der Waals surface area contributed by atoms with Crippen LogP contribution in [0.5, 0.6) is 0 Å². The van der Waals surface area contributed by atoms with Gasteiger partial charge < -0.3 is 4.90 Å². The SMILES string of the molecule is CN(C)S(=O)(=O)c1ccccc1N1CCN(CCBr)CC1. The summed E-state index contributed by atoms with van der Waals surface area (Å²) >= 11 is 3.46. The Labute approximate surface area is 135 Å². The van der Waals surface area contributed by atoms with Crippen molar-refractivity contribution < 1.29 is 8.42 Å². The maximum absolute atomic E-state index is 12.4. The van der Waals surface area contributed by atoms with Gasteiger partial charge in [-0.1, -0.05) is 28.1 Å². The number of hydrogen-bond donors (Lipinski definition) is 0. The summed E-state index contributed by atoms with van der Waals surface area (Å²) in [4.78, 5) is 4.94. The molecule has 1 heterocycles. The van der Waals surface area contributed by atoms with Crippen molar-refractivity contribution in [2.24, 2.45) is 0 Å². The first-order valence-corrected chi connectivity index (χ1v) is 9.58. The predicted octanol–water partition coefficient (Wildman–Crippen LogP) is 1.45. The van der Waals surface area contributed by atoms with E-state index in [1.807, 2.05) is 12.1 Å². The van der Waals surface area contributed by atoms with E-state index in [4.69, 9.17) is 0 Å². The van der Waals surface area contributed by atoms with Gasteiger partial charge in [0.15, 0.2) is 0 Å². The quantitative estimate of drug-likeness (QED) is 0.730. The molecule has 1 aliphatic heterocycles. The number of nitrogens with zero attached hydrogens (tertiary/aromatic N) is 3. The standard InChI is InChI=1S/C14H22BrN3O2S/c1-16(2)21(19,20)14-6-4-3-5-13(14)18-11-9-17(8-7-15)10-12-18/h3-6H,7-12H2,1-2H3. The van der Waals surface area contributed by atoms with Gasteiger partial charge in [0.25, 0.3) is 0 Å². The summed E-state index contributed by atoms with van der Waals surface area (Å²) in [6.07, 6.45) is 0. The van der Waals surface area contributed by atoms with E-state index in [1.54, 1.807) is 26.2 Å².